The van der Waals surface area contributed by atoms with E-state index in [9.17, 15) is 27.9 Å². The third kappa shape index (κ3) is 4.75. The molecule has 0 aliphatic heterocycles. The van der Waals surface area contributed by atoms with Crippen molar-refractivity contribution >= 4 is 17.6 Å². The molecule has 0 spiro atoms. The summed E-state index contributed by atoms with van der Waals surface area (Å²) in [4.78, 5) is 24.1. The highest BCUT2D eigenvalue weighted by Crippen LogP contribution is 2.30. The van der Waals surface area contributed by atoms with Crippen LogP contribution in [0.25, 0.3) is 0 Å². The van der Waals surface area contributed by atoms with E-state index in [1.807, 2.05) is 0 Å². The molecule has 2 rings (SSSR count). The molecule has 8 heteroatoms. The lowest BCUT2D eigenvalue weighted by molar-refractivity contribution is -0.137. The van der Waals surface area contributed by atoms with E-state index < -0.39 is 29.7 Å². The number of esters is 1. The van der Waals surface area contributed by atoms with Crippen LogP contribution in [0.15, 0.2) is 42.5 Å². The first-order valence-corrected chi connectivity index (χ1v) is 7.56. The average molecular weight is 367 g/mol. The summed E-state index contributed by atoms with van der Waals surface area (Å²) in [6.45, 7) is 2.99. The highest BCUT2D eigenvalue weighted by atomic mass is 19.4. The van der Waals surface area contributed by atoms with E-state index in [-0.39, 0.29) is 17.0 Å². The van der Waals surface area contributed by atoms with E-state index in [4.69, 9.17) is 4.74 Å². The zero-order valence-electron chi connectivity index (χ0n) is 13.9. The molecular formula is C18H16F3NO4. The molecule has 0 aromatic heterocycles. The number of aryl methyl sites for hydroxylation is 1. The summed E-state index contributed by atoms with van der Waals surface area (Å²) in [5, 5.41) is 12.0. The molecule has 0 saturated heterocycles. The van der Waals surface area contributed by atoms with Crippen LogP contribution in [0.5, 0.6) is 5.75 Å². The number of halogens is 3. The Balaban J connectivity index is 2.05. The minimum atomic E-state index is -4.54. The van der Waals surface area contributed by atoms with E-state index in [2.05, 4.69) is 5.32 Å². The zero-order valence-corrected chi connectivity index (χ0v) is 13.9. The number of benzene rings is 2. The number of hydrogen-bond acceptors (Lipinski definition) is 4. The number of carbonyl (C=O) groups is 2. The lowest BCUT2D eigenvalue weighted by Gasteiger charge is -2.15. The van der Waals surface area contributed by atoms with Crippen molar-refractivity contribution in [3.63, 3.8) is 0 Å². The Morgan fingerprint density at radius 1 is 1.15 bits per heavy atom. The number of phenols is 1. The highest BCUT2D eigenvalue weighted by Gasteiger charge is 2.30. The molecule has 1 unspecified atom stereocenters. The summed E-state index contributed by atoms with van der Waals surface area (Å²) in [6.07, 6.45) is -5.82. The zero-order chi connectivity index (χ0) is 19.5. The van der Waals surface area contributed by atoms with Gasteiger partial charge in [0.05, 0.1) is 5.56 Å². The second-order valence-electron chi connectivity index (χ2n) is 5.64. The summed E-state index contributed by atoms with van der Waals surface area (Å²) in [6, 6.07) is 8.39. The predicted octanol–water partition coefficient (Wildman–Crippen LogP) is 3.90. The highest BCUT2D eigenvalue weighted by molar-refractivity contribution is 5.98. The Bertz CT molecular complexity index is 833. The Morgan fingerprint density at radius 3 is 2.46 bits per heavy atom. The molecular weight excluding hydrogens is 351 g/mol. The van der Waals surface area contributed by atoms with E-state index in [0.29, 0.717) is 0 Å². The van der Waals surface area contributed by atoms with Crippen LogP contribution in [-0.2, 0) is 15.7 Å². The van der Waals surface area contributed by atoms with Gasteiger partial charge in [-0.1, -0.05) is 12.1 Å². The number of aromatic hydroxyl groups is 1. The predicted molar refractivity (Wildman–Crippen MR) is 87.8 cm³/mol. The summed E-state index contributed by atoms with van der Waals surface area (Å²) >= 11 is 0. The first-order valence-electron chi connectivity index (χ1n) is 7.56. The lowest BCUT2D eigenvalue weighted by Crippen LogP contribution is -2.30. The number of hydrogen-bond donors (Lipinski definition) is 2. The first-order chi connectivity index (χ1) is 12.1. The van der Waals surface area contributed by atoms with Gasteiger partial charge in [-0.15, -0.1) is 0 Å². The minimum absolute atomic E-state index is 0.0779. The van der Waals surface area contributed by atoms with E-state index in [0.717, 1.165) is 23.8 Å². The lowest BCUT2D eigenvalue weighted by atomic mass is 10.1. The van der Waals surface area contributed by atoms with Crippen LogP contribution in [0.4, 0.5) is 18.9 Å². The number of phenolic OH excluding ortho intramolecular Hbond substituents is 1. The van der Waals surface area contributed by atoms with Crippen LogP contribution in [0.2, 0.25) is 0 Å². The molecule has 2 N–H and O–H groups in total. The Kier molecular flexibility index (Phi) is 5.54. The number of anilines is 1. The largest absolute Gasteiger partial charge is 0.507 e. The molecule has 0 radical (unpaired) electrons. The van der Waals surface area contributed by atoms with E-state index in [1.165, 1.54) is 25.1 Å². The summed E-state index contributed by atoms with van der Waals surface area (Å²) in [5.74, 6) is -2.01. The van der Waals surface area contributed by atoms with Gasteiger partial charge in [-0.05, 0) is 49.7 Å². The van der Waals surface area contributed by atoms with Crippen molar-refractivity contribution in [1.82, 2.24) is 0 Å². The second-order valence-corrected chi connectivity index (χ2v) is 5.64. The van der Waals surface area contributed by atoms with Crippen molar-refractivity contribution < 1.29 is 32.6 Å². The average Bonchev–Trinajstić information content (AvgIpc) is 2.54. The fourth-order valence-electron chi connectivity index (χ4n) is 2.11. The fraction of sp³-hybridized carbons (Fsp3) is 0.222. The molecule has 0 fully saturated rings. The van der Waals surface area contributed by atoms with Crippen molar-refractivity contribution in [2.45, 2.75) is 26.1 Å². The van der Waals surface area contributed by atoms with Crippen molar-refractivity contribution in [3.8, 4) is 5.75 Å². The molecule has 138 valence electrons. The number of alkyl halides is 3. The maximum Gasteiger partial charge on any atom is 0.416 e. The quantitative estimate of drug-likeness (QED) is 0.804. The maximum absolute atomic E-state index is 12.7. The molecule has 0 saturated carbocycles. The molecule has 0 aliphatic carbocycles. The molecule has 5 nitrogen and oxygen atoms in total. The number of amides is 1. The summed E-state index contributed by atoms with van der Waals surface area (Å²) < 4.78 is 43.0. The third-order valence-corrected chi connectivity index (χ3v) is 3.48. The van der Waals surface area contributed by atoms with Gasteiger partial charge in [0.25, 0.3) is 5.91 Å². The molecule has 26 heavy (non-hydrogen) atoms. The molecule has 1 amide bonds. The minimum Gasteiger partial charge on any atom is -0.507 e. The topological polar surface area (TPSA) is 75.6 Å². The fourth-order valence-corrected chi connectivity index (χ4v) is 2.11. The molecule has 0 bridgehead atoms. The smallest absolute Gasteiger partial charge is 0.416 e. The van der Waals surface area contributed by atoms with Gasteiger partial charge in [-0.25, -0.2) is 4.79 Å². The summed E-state index contributed by atoms with van der Waals surface area (Å²) in [5.41, 5.74) is -0.376. The molecule has 2 aromatic carbocycles. The first kappa shape index (κ1) is 19.3. The van der Waals surface area contributed by atoms with E-state index in [1.54, 1.807) is 13.0 Å². The summed E-state index contributed by atoms with van der Waals surface area (Å²) in [7, 11) is 0. The van der Waals surface area contributed by atoms with Crippen LogP contribution < -0.4 is 5.32 Å². The van der Waals surface area contributed by atoms with Crippen LogP contribution in [-0.4, -0.2) is 23.1 Å². The maximum atomic E-state index is 12.7. The second kappa shape index (κ2) is 7.47. The normalized spacial score (nSPS) is 12.3. The van der Waals surface area contributed by atoms with Gasteiger partial charge in [-0.3, -0.25) is 4.79 Å². The van der Waals surface area contributed by atoms with Gasteiger partial charge < -0.3 is 15.2 Å². The van der Waals surface area contributed by atoms with Gasteiger partial charge in [0.1, 0.15) is 11.3 Å². The third-order valence-electron chi connectivity index (χ3n) is 3.48. The van der Waals surface area contributed by atoms with Gasteiger partial charge in [0, 0.05) is 5.69 Å². The number of carbonyl (C=O) groups excluding carboxylic acids is 2. The van der Waals surface area contributed by atoms with Gasteiger partial charge >= 0.3 is 12.1 Å². The van der Waals surface area contributed by atoms with Crippen molar-refractivity contribution in [2.75, 3.05) is 5.32 Å². The Hall–Kier alpha value is -3.03. The standard InChI is InChI=1S/C18H16F3NO4/c1-10-6-7-14(15(23)8-10)17(25)26-11(2)16(24)22-13-5-3-4-12(9-13)18(19,20)21/h3-9,11,23H,1-2H3,(H,22,24). The van der Waals surface area contributed by atoms with Crippen LogP contribution in [0, 0.1) is 6.92 Å². The number of rotatable bonds is 4. The monoisotopic (exact) mass is 367 g/mol. The number of ether oxygens (including phenoxy) is 1. The molecule has 0 heterocycles. The van der Waals surface area contributed by atoms with Gasteiger partial charge in [0.2, 0.25) is 0 Å². The Morgan fingerprint density at radius 2 is 1.85 bits per heavy atom. The van der Waals surface area contributed by atoms with Crippen molar-refractivity contribution in [3.05, 3.63) is 59.2 Å². The van der Waals surface area contributed by atoms with Gasteiger partial charge in [-0.2, -0.15) is 13.2 Å². The van der Waals surface area contributed by atoms with Crippen LogP contribution in [0.1, 0.15) is 28.4 Å². The van der Waals surface area contributed by atoms with Crippen molar-refractivity contribution in [1.29, 1.82) is 0 Å². The van der Waals surface area contributed by atoms with Crippen molar-refractivity contribution in [2.24, 2.45) is 0 Å². The molecule has 1 atom stereocenters. The van der Waals surface area contributed by atoms with Crippen LogP contribution >= 0.6 is 0 Å². The Labute approximate surface area is 147 Å². The van der Waals surface area contributed by atoms with Gasteiger partial charge in [0.15, 0.2) is 6.10 Å². The van der Waals surface area contributed by atoms with E-state index >= 15 is 0 Å². The SMILES string of the molecule is Cc1ccc(C(=O)OC(C)C(=O)Nc2cccc(C(F)(F)F)c2)c(O)c1. The number of nitrogens with one attached hydrogen (secondary N) is 1. The molecule has 0 aliphatic rings. The van der Waals surface area contributed by atoms with Crippen LogP contribution in [0.3, 0.4) is 0 Å². The molecule has 2 aromatic rings.